The van der Waals surface area contributed by atoms with Crippen LogP contribution >= 0.6 is 0 Å². The third kappa shape index (κ3) is 4.44. The topological polar surface area (TPSA) is 18.5 Å². The summed E-state index contributed by atoms with van der Waals surface area (Å²) in [5, 5.41) is 1.51. The Morgan fingerprint density at radius 1 is 1.05 bits per heavy atom. The van der Waals surface area contributed by atoms with Crippen molar-refractivity contribution in [1.82, 2.24) is 0 Å². The van der Waals surface area contributed by atoms with Crippen LogP contribution in [0.4, 0.5) is 0 Å². The quantitative estimate of drug-likeness (QED) is 0.770. The second-order valence-electron chi connectivity index (χ2n) is 6.90. The minimum atomic E-state index is -1.18. The van der Waals surface area contributed by atoms with Crippen molar-refractivity contribution in [2.24, 2.45) is 0 Å². The Morgan fingerprint density at radius 2 is 1.70 bits per heavy atom. The van der Waals surface area contributed by atoms with Gasteiger partial charge in [-0.15, -0.1) is 0 Å². The van der Waals surface area contributed by atoms with Crippen molar-refractivity contribution in [3.05, 3.63) is 29.8 Å². The molecule has 0 radical (unpaired) electrons. The van der Waals surface area contributed by atoms with E-state index in [0.717, 1.165) is 13.0 Å². The lowest BCUT2D eigenvalue weighted by molar-refractivity contribution is -0.0363. The highest BCUT2D eigenvalue weighted by Crippen LogP contribution is 2.23. The Morgan fingerprint density at radius 3 is 2.30 bits per heavy atom. The molecule has 0 saturated heterocycles. The second-order valence-corrected chi connectivity index (χ2v) is 12.0. The minimum Gasteiger partial charge on any atom is -0.381 e. The fraction of sp³-hybridized carbons (Fsp3) is 0.647. The SMILES string of the molecule is COC1CCCC(OCc2ccc([Si](C)(C)C)cc2)C1. The van der Waals surface area contributed by atoms with Gasteiger partial charge in [0.25, 0.3) is 0 Å². The van der Waals surface area contributed by atoms with Crippen molar-refractivity contribution in [2.45, 2.75) is 64.1 Å². The normalized spacial score (nSPS) is 23.8. The minimum absolute atomic E-state index is 0.366. The number of methoxy groups -OCH3 is 1. The van der Waals surface area contributed by atoms with Gasteiger partial charge in [-0.3, -0.25) is 0 Å². The van der Waals surface area contributed by atoms with Gasteiger partial charge in [0.1, 0.15) is 0 Å². The van der Waals surface area contributed by atoms with E-state index in [0.29, 0.717) is 12.2 Å². The van der Waals surface area contributed by atoms with Crippen LogP contribution in [-0.2, 0) is 16.1 Å². The maximum atomic E-state index is 6.06. The van der Waals surface area contributed by atoms with Crippen LogP contribution in [0.15, 0.2) is 24.3 Å². The Bertz CT molecular complexity index is 408. The highest BCUT2D eigenvalue weighted by atomic mass is 28.3. The summed E-state index contributed by atoms with van der Waals surface area (Å²) in [6, 6.07) is 9.02. The lowest BCUT2D eigenvalue weighted by Crippen LogP contribution is -2.37. The van der Waals surface area contributed by atoms with Crippen LogP contribution in [0.2, 0.25) is 19.6 Å². The number of hydrogen-bond acceptors (Lipinski definition) is 2. The molecule has 2 nitrogen and oxygen atoms in total. The molecular weight excluding hydrogens is 264 g/mol. The van der Waals surface area contributed by atoms with E-state index in [2.05, 4.69) is 43.9 Å². The van der Waals surface area contributed by atoms with E-state index in [-0.39, 0.29) is 0 Å². The Hall–Kier alpha value is -0.643. The standard InChI is InChI=1S/C17H28O2Si/c1-18-15-6-5-7-16(12-15)19-13-14-8-10-17(11-9-14)20(2,3)4/h8-11,15-16H,5-7,12-13H2,1-4H3. The molecule has 1 aromatic carbocycles. The average Bonchev–Trinajstić information content (AvgIpc) is 2.45. The summed E-state index contributed by atoms with van der Waals surface area (Å²) < 4.78 is 11.5. The molecule has 20 heavy (non-hydrogen) atoms. The predicted molar refractivity (Wildman–Crippen MR) is 87.3 cm³/mol. The van der Waals surface area contributed by atoms with Crippen LogP contribution in [0.25, 0.3) is 0 Å². The average molecular weight is 292 g/mol. The van der Waals surface area contributed by atoms with E-state index < -0.39 is 8.07 Å². The zero-order valence-corrected chi connectivity index (χ0v) is 14.3. The van der Waals surface area contributed by atoms with Crippen LogP contribution in [0.3, 0.4) is 0 Å². The summed E-state index contributed by atoms with van der Waals surface area (Å²) in [5.74, 6) is 0. The Balaban J connectivity index is 1.85. The fourth-order valence-corrected chi connectivity index (χ4v) is 3.95. The third-order valence-electron chi connectivity index (χ3n) is 4.22. The fourth-order valence-electron chi connectivity index (χ4n) is 2.78. The van der Waals surface area contributed by atoms with Crippen molar-refractivity contribution >= 4 is 13.3 Å². The largest absolute Gasteiger partial charge is 0.381 e. The van der Waals surface area contributed by atoms with Crippen LogP contribution in [0.1, 0.15) is 31.2 Å². The van der Waals surface area contributed by atoms with Gasteiger partial charge in [0.15, 0.2) is 0 Å². The molecule has 0 amide bonds. The molecule has 1 aliphatic carbocycles. The summed E-state index contributed by atoms with van der Waals surface area (Å²) in [5.41, 5.74) is 1.28. The molecule has 1 aliphatic rings. The van der Waals surface area contributed by atoms with E-state index >= 15 is 0 Å². The number of benzene rings is 1. The van der Waals surface area contributed by atoms with E-state index in [1.165, 1.54) is 30.0 Å². The predicted octanol–water partition coefficient (Wildman–Crippen LogP) is 3.71. The van der Waals surface area contributed by atoms with Crippen molar-refractivity contribution in [3.8, 4) is 0 Å². The first kappa shape index (κ1) is 15.7. The number of hydrogen-bond donors (Lipinski definition) is 0. The van der Waals surface area contributed by atoms with Gasteiger partial charge in [-0.1, -0.05) is 49.1 Å². The second kappa shape index (κ2) is 6.88. The van der Waals surface area contributed by atoms with E-state index in [1.54, 1.807) is 0 Å². The first-order valence-corrected chi connectivity index (χ1v) is 11.2. The molecule has 0 N–H and O–H groups in total. The molecule has 0 aliphatic heterocycles. The van der Waals surface area contributed by atoms with Gasteiger partial charge in [-0.05, 0) is 31.2 Å². The molecule has 1 saturated carbocycles. The van der Waals surface area contributed by atoms with Gasteiger partial charge in [0, 0.05) is 7.11 Å². The van der Waals surface area contributed by atoms with Gasteiger partial charge >= 0.3 is 0 Å². The molecule has 0 aromatic heterocycles. The molecule has 0 spiro atoms. The molecule has 0 heterocycles. The number of rotatable bonds is 5. The summed E-state index contributed by atoms with van der Waals surface area (Å²) in [6.45, 7) is 7.87. The van der Waals surface area contributed by atoms with E-state index in [1.807, 2.05) is 7.11 Å². The van der Waals surface area contributed by atoms with Gasteiger partial charge in [-0.25, -0.2) is 0 Å². The van der Waals surface area contributed by atoms with E-state index in [9.17, 15) is 0 Å². The summed E-state index contributed by atoms with van der Waals surface area (Å²) >= 11 is 0. The highest BCUT2D eigenvalue weighted by Gasteiger charge is 2.22. The summed E-state index contributed by atoms with van der Waals surface area (Å²) in [6.07, 6.45) is 5.38. The van der Waals surface area contributed by atoms with Crippen molar-refractivity contribution in [2.75, 3.05) is 7.11 Å². The zero-order valence-electron chi connectivity index (χ0n) is 13.3. The Labute approximate surface area is 124 Å². The lowest BCUT2D eigenvalue weighted by atomic mass is 9.95. The van der Waals surface area contributed by atoms with Crippen LogP contribution in [0, 0.1) is 0 Å². The smallest absolute Gasteiger partial charge is 0.0775 e. The third-order valence-corrected chi connectivity index (χ3v) is 6.28. The van der Waals surface area contributed by atoms with E-state index in [4.69, 9.17) is 9.47 Å². The monoisotopic (exact) mass is 292 g/mol. The molecule has 2 atom stereocenters. The van der Waals surface area contributed by atoms with Gasteiger partial charge in [-0.2, -0.15) is 0 Å². The Kier molecular flexibility index (Phi) is 5.41. The van der Waals surface area contributed by atoms with Gasteiger partial charge in [0.05, 0.1) is 26.9 Å². The van der Waals surface area contributed by atoms with Crippen molar-refractivity contribution < 1.29 is 9.47 Å². The molecule has 0 bridgehead atoms. The first-order chi connectivity index (χ1) is 9.49. The van der Waals surface area contributed by atoms with Crippen LogP contribution in [-0.4, -0.2) is 27.4 Å². The molecule has 1 aromatic rings. The molecule has 1 fully saturated rings. The van der Waals surface area contributed by atoms with Crippen LogP contribution < -0.4 is 5.19 Å². The summed E-state index contributed by atoms with van der Waals surface area (Å²) in [4.78, 5) is 0. The number of ether oxygens (including phenoxy) is 2. The van der Waals surface area contributed by atoms with Crippen molar-refractivity contribution in [3.63, 3.8) is 0 Å². The molecule has 2 rings (SSSR count). The molecular formula is C17H28O2Si. The van der Waals surface area contributed by atoms with Crippen LogP contribution in [0.5, 0.6) is 0 Å². The molecule has 3 heteroatoms. The zero-order chi connectivity index (χ0) is 14.6. The van der Waals surface area contributed by atoms with Gasteiger partial charge in [0.2, 0.25) is 0 Å². The maximum absolute atomic E-state index is 6.06. The van der Waals surface area contributed by atoms with Crippen molar-refractivity contribution in [1.29, 1.82) is 0 Å². The van der Waals surface area contributed by atoms with Gasteiger partial charge < -0.3 is 9.47 Å². The highest BCUT2D eigenvalue weighted by molar-refractivity contribution is 6.88. The molecule has 2 unspecified atom stereocenters. The summed E-state index contributed by atoms with van der Waals surface area (Å²) in [7, 11) is 0.625. The first-order valence-electron chi connectivity index (χ1n) is 7.73. The maximum Gasteiger partial charge on any atom is 0.0775 e. The lowest BCUT2D eigenvalue weighted by Gasteiger charge is -2.28. The molecule has 112 valence electrons.